The minimum atomic E-state index is -0.379. The van der Waals surface area contributed by atoms with Crippen LogP contribution in [0, 0.1) is 19.6 Å². The van der Waals surface area contributed by atoms with E-state index in [1.807, 2.05) is 6.07 Å². The number of halogens is 1. The molecule has 1 aromatic rings. The first-order chi connectivity index (χ1) is 8.58. The van der Waals surface area contributed by atoms with Crippen LogP contribution in [-0.2, 0) is 0 Å². The third kappa shape index (κ3) is 3.11. The zero-order valence-electron chi connectivity index (χ0n) is 9.80. The molecule has 0 spiro atoms. The molecule has 1 aliphatic rings. The quantitative estimate of drug-likeness (QED) is 0.491. The van der Waals surface area contributed by atoms with Gasteiger partial charge in [-0.1, -0.05) is 6.42 Å². The van der Waals surface area contributed by atoms with Gasteiger partial charge in [0.1, 0.15) is 5.69 Å². The van der Waals surface area contributed by atoms with Crippen LogP contribution in [0.4, 0.5) is 11.4 Å². The molecule has 5 nitrogen and oxygen atoms in total. The summed E-state index contributed by atoms with van der Waals surface area (Å²) in [6.45, 7) is 0.586. The predicted octanol–water partition coefficient (Wildman–Crippen LogP) is 2.77. The Labute approximate surface area is 119 Å². The number of benzene rings is 1. The predicted molar refractivity (Wildman–Crippen MR) is 77.7 cm³/mol. The zero-order valence-corrected chi connectivity index (χ0v) is 12.0. The summed E-state index contributed by atoms with van der Waals surface area (Å²) < 4.78 is 0.839. The molecule has 1 aromatic carbocycles. The second-order valence-corrected chi connectivity index (χ2v) is 5.80. The maximum absolute atomic E-state index is 10.9. The summed E-state index contributed by atoms with van der Waals surface area (Å²) in [5.74, 6) is 0.198. The minimum absolute atomic E-state index is 0.0920. The van der Waals surface area contributed by atoms with Gasteiger partial charge in [-0.05, 0) is 47.6 Å². The number of aliphatic hydroxyl groups excluding tert-OH is 1. The summed E-state index contributed by atoms with van der Waals surface area (Å²) in [7, 11) is 0. The molecule has 0 bridgehead atoms. The summed E-state index contributed by atoms with van der Waals surface area (Å²) in [5, 5.41) is 23.8. The minimum Gasteiger partial charge on any atom is -0.393 e. The van der Waals surface area contributed by atoms with Crippen LogP contribution in [0.3, 0.4) is 0 Å². The van der Waals surface area contributed by atoms with Crippen LogP contribution < -0.4 is 5.32 Å². The molecule has 2 rings (SSSR count). The highest BCUT2D eigenvalue weighted by atomic mass is 127. The van der Waals surface area contributed by atoms with Gasteiger partial charge in [0.15, 0.2) is 0 Å². The molecule has 2 unspecified atom stereocenters. The highest BCUT2D eigenvalue weighted by Gasteiger charge is 2.25. The molecule has 18 heavy (non-hydrogen) atoms. The highest BCUT2D eigenvalue weighted by Crippen LogP contribution is 2.29. The van der Waals surface area contributed by atoms with Crippen molar-refractivity contribution in [1.82, 2.24) is 0 Å². The van der Waals surface area contributed by atoms with Crippen molar-refractivity contribution < 1.29 is 10.0 Å². The van der Waals surface area contributed by atoms with Gasteiger partial charge in [-0.3, -0.25) is 10.1 Å². The van der Waals surface area contributed by atoms with Crippen LogP contribution in [0.25, 0.3) is 0 Å². The van der Waals surface area contributed by atoms with E-state index in [9.17, 15) is 15.2 Å². The molecule has 0 aliphatic heterocycles. The second-order valence-electron chi connectivity index (χ2n) is 4.56. The van der Waals surface area contributed by atoms with Gasteiger partial charge in [0.2, 0.25) is 0 Å². The molecule has 0 radical (unpaired) electrons. The normalized spacial score (nSPS) is 23.0. The van der Waals surface area contributed by atoms with Crippen molar-refractivity contribution in [2.24, 2.45) is 5.92 Å². The van der Waals surface area contributed by atoms with E-state index >= 15 is 0 Å². The van der Waals surface area contributed by atoms with E-state index < -0.39 is 0 Å². The van der Waals surface area contributed by atoms with Crippen molar-refractivity contribution in [3.05, 3.63) is 31.9 Å². The molecule has 0 aromatic heterocycles. The lowest BCUT2D eigenvalue weighted by atomic mass is 10.1. The SMILES string of the molecule is O=[N+]([O-])c1cc(I)ccc1NCC1CCCC1O. The van der Waals surface area contributed by atoms with Crippen molar-refractivity contribution in [3.8, 4) is 0 Å². The van der Waals surface area contributed by atoms with Gasteiger partial charge in [-0.2, -0.15) is 0 Å². The van der Waals surface area contributed by atoms with E-state index in [4.69, 9.17) is 0 Å². The summed E-state index contributed by atoms with van der Waals surface area (Å²) >= 11 is 2.05. The third-order valence-electron chi connectivity index (χ3n) is 3.33. The summed E-state index contributed by atoms with van der Waals surface area (Å²) in [4.78, 5) is 10.6. The lowest BCUT2D eigenvalue weighted by Crippen LogP contribution is -2.22. The molecule has 6 heteroatoms. The fraction of sp³-hybridized carbons (Fsp3) is 0.500. The second kappa shape index (κ2) is 5.83. The fourth-order valence-electron chi connectivity index (χ4n) is 2.30. The van der Waals surface area contributed by atoms with E-state index in [2.05, 4.69) is 27.9 Å². The molecule has 2 N–H and O–H groups in total. The Balaban J connectivity index is 2.06. The number of nitro benzene ring substituents is 1. The largest absolute Gasteiger partial charge is 0.393 e. The van der Waals surface area contributed by atoms with Crippen molar-refractivity contribution in [1.29, 1.82) is 0 Å². The first kappa shape index (κ1) is 13.5. The first-order valence-electron chi connectivity index (χ1n) is 5.94. The molecule has 0 saturated heterocycles. The number of nitrogens with one attached hydrogen (secondary N) is 1. The smallest absolute Gasteiger partial charge is 0.293 e. The topological polar surface area (TPSA) is 75.4 Å². The zero-order chi connectivity index (χ0) is 13.1. The number of nitro groups is 1. The van der Waals surface area contributed by atoms with Gasteiger partial charge in [0, 0.05) is 22.1 Å². The highest BCUT2D eigenvalue weighted by molar-refractivity contribution is 14.1. The Morgan fingerprint density at radius 2 is 2.28 bits per heavy atom. The Kier molecular flexibility index (Phi) is 4.39. The van der Waals surface area contributed by atoms with E-state index in [0.29, 0.717) is 12.2 Å². The van der Waals surface area contributed by atoms with E-state index in [1.165, 1.54) is 0 Å². The Morgan fingerprint density at radius 3 is 2.89 bits per heavy atom. The van der Waals surface area contributed by atoms with Gasteiger partial charge in [0.05, 0.1) is 11.0 Å². The monoisotopic (exact) mass is 362 g/mol. The lowest BCUT2D eigenvalue weighted by Gasteiger charge is -2.16. The molecule has 0 amide bonds. The van der Waals surface area contributed by atoms with Crippen LogP contribution >= 0.6 is 22.6 Å². The van der Waals surface area contributed by atoms with E-state index in [0.717, 1.165) is 22.8 Å². The third-order valence-corrected chi connectivity index (χ3v) is 4.00. The van der Waals surface area contributed by atoms with E-state index in [-0.39, 0.29) is 22.6 Å². The van der Waals surface area contributed by atoms with Crippen LogP contribution in [-0.4, -0.2) is 22.7 Å². The van der Waals surface area contributed by atoms with Gasteiger partial charge in [-0.25, -0.2) is 0 Å². The molecule has 1 aliphatic carbocycles. The average Bonchev–Trinajstić information content (AvgIpc) is 2.73. The summed E-state index contributed by atoms with van der Waals surface area (Å²) in [5.41, 5.74) is 0.619. The van der Waals surface area contributed by atoms with Gasteiger partial charge >= 0.3 is 0 Å². The number of rotatable bonds is 4. The van der Waals surface area contributed by atoms with Crippen molar-refractivity contribution in [2.45, 2.75) is 25.4 Å². The van der Waals surface area contributed by atoms with Gasteiger partial charge < -0.3 is 10.4 Å². The average molecular weight is 362 g/mol. The number of hydrogen-bond donors (Lipinski definition) is 2. The molecular formula is C12H15IN2O3. The molecular weight excluding hydrogens is 347 g/mol. The molecule has 0 heterocycles. The standard InChI is InChI=1S/C12H15IN2O3/c13-9-4-5-10(11(6-9)15(17)18)14-7-8-2-1-3-12(8)16/h4-6,8,12,14,16H,1-3,7H2. The van der Waals surface area contributed by atoms with Crippen LogP contribution in [0.1, 0.15) is 19.3 Å². The van der Waals surface area contributed by atoms with Crippen LogP contribution in [0.15, 0.2) is 18.2 Å². The molecule has 1 fully saturated rings. The van der Waals surface area contributed by atoms with Gasteiger partial charge in [-0.15, -0.1) is 0 Å². The number of nitrogens with zero attached hydrogens (tertiary/aromatic N) is 1. The number of hydrogen-bond acceptors (Lipinski definition) is 4. The Bertz CT molecular complexity index is 453. The lowest BCUT2D eigenvalue weighted by molar-refractivity contribution is -0.384. The first-order valence-corrected chi connectivity index (χ1v) is 7.01. The maximum Gasteiger partial charge on any atom is 0.293 e. The molecule has 1 saturated carbocycles. The van der Waals surface area contributed by atoms with E-state index in [1.54, 1.807) is 12.1 Å². The Morgan fingerprint density at radius 1 is 1.50 bits per heavy atom. The fourth-order valence-corrected chi connectivity index (χ4v) is 2.78. The van der Waals surface area contributed by atoms with Crippen molar-refractivity contribution in [3.63, 3.8) is 0 Å². The summed E-state index contributed by atoms with van der Waals surface area (Å²) in [6.07, 6.45) is 2.57. The Hall–Kier alpha value is -0.890. The maximum atomic E-state index is 10.9. The van der Waals surface area contributed by atoms with Gasteiger partial charge in [0.25, 0.3) is 5.69 Å². The number of anilines is 1. The van der Waals surface area contributed by atoms with Crippen LogP contribution in [0.5, 0.6) is 0 Å². The number of aliphatic hydroxyl groups is 1. The van der Waals surface area contributed by atoms with Crippen LogP contribution in [0.2, 0.25) is 0 Å². The van der Waals surface area contributed by atoms with Crippen molar-refractivity contribution in [2.75, 3.05) is 11.9 Å². The summed E-state index contributed by atoms with van der Waals surface area (Å²) in [6, 6.07) is 5.11. The van der Waals surface area contributed by atoms with Crippen molar-refractivity contribution >= 4 is 34.0 Å². The molecule has 2 atom stereocenters. The molecule has 98 valence electrons.